The summed E-state index contributed by atoms with van der Waals surface area (Å²) >= 11 is 0. The summed E-state index contributed by atoms with van der Waals surface area (Å²) in [5.41, 5.74) is 5.46. The van der Waals surface area contributed by atoms with E-state index in [1.807, 2.05) is 0 Å². The Morgan fingerprint density at radius 2 is 0.650 bits per heavy atom. The second-order valence-corrected chi connectivity index (χ2v) is 31.1. The van der Waals surface area contributed by atoms with Crippen molar-refractivity contribution in [2.75, 3.05) is 13.2 Å². The van der Waals surface area contributed by atoms with E-state index in [0.29, 0.717) is 59.6 Å². The van der Waals surface area contributed by atoms with Gasteiger partial charge in [0.05, 0.1) is 0 Å². The molecule has 364 valence electrons. The fraction of sp³-hybridized carbons (Fsp3) is 1.00. The van der Waals surface area contributed by atoms with Gasteiger partial charge in [-0.3, -0.25) is 0 Å². The molecule has 1 aliphatic heterocycles. The third-order valence-corrected chi connectivity index (χ3v) is 12.8. The predicted octanol–water partition coefficient (Wildman–Crippen LogP) is 21.0. The molecule has 0 unspecified atom stereocenters. The van der Waals surface area contributed by atoms with Crippen LogP contribution in [0.1, 0.15) is 303 Å². The summed E-state index contributed by atoms with van der Waals surface area (Å²) in [5.74, 6) is 0.903. The van der Waals surface area contributed by atoms with Crippen LogP contribution < -0.4 is 0 Å². The van der Waals surface area contributed by atoms with Gasteiger partial charge in [0.1, 0.15) is 0 Å². The van der Waals surface area contributed by atoms with Gasteiger partial charge in [0.2, 0.25) is 0 Å². The lowest BCUT2D eigenvalue weighted by Gasteiger charge is -2.45. The van der Waals surface area contributed by atoms with Crippen molar-refractivity contribution in [1.82, 2.24) is 0 Å². The van der Waals surface area contributed by atoms with Gasteiger partial charge >= 0.3 is 0 Å². The number of ether oxygens (including phenoxy) is 1. The molecule has 0 aromatic carbocycles. The molecule has 0 aromatic rings. The third kappa shape index (κ3) is 34.4. The summed E-state index contributed by atoms with van der Waals surface area (Å²) < 4.78 is 5.55. The van der Waals surface area contributed by atoms with Crippen LogP contribution in [0, 0.1) is 65.5 Å². The van der Waals surface area contributed by atoms with Gasteiger partial charge in [0.25, 0.3) is 0 Å². The van der Waals surface area contributed by atoms with E-state index in [1.165, 1.54) is 116 Å². The highest BCUT2D eigenvalue weighted by Crippen LogP contribution is 2.52. The lowest BCUT2D eigenvalue weighted by atomic mass is 9.60. The lowest BCUT2D eigenvalue weighted by molar-refractivity contribution is -0.0272. The normalized spacial score (nSPS) is 18.4. The monoisotopic (exact) mass is 847 g/mol. The average molecular weight is 848 g/mol. The summed E-state index contributed by atoms with van der Waals surface area (Å²) in [6.45, 7) is 65.9. The molecule has 1 saturated heterocycles. The number of hydrogen-bond donors (Lipinski definition) is 0. The Labute approximate surface area is 384 Å². The van der Waals surface area contributed by atoms with Crippen molar-refractivity contribution >= 4 is 0 Å². The van der Waals surface area contributed by atoms with Crippen molar-refractivity contribution in [3.05, 3.63) is 0 Å². The molecule has 1 heteroatoms. The fourth-order valence-electron chi connectivity index (χ4n) is 12.6. The van der Waals surface area contributed by atoms with E-state index in [9.17, 15) is 0 Å². The zero-order valence-electron chi connectivity index (χ0n) is 47.6. The highest BCUT2D eigenvalue weighted by Gasteiger charge is 2.40. The van der Waals surface area contributed by atoms with E-state index in [0.717, 1.165) is 19.1 Å². The Morgan fingerprint density at radius 3 is 0.867 bits per heavy atom. The standard InChI is InChI=1S/C16H32.C15H30O.C15H32.C13H28/c1-14(2,3)12-16(13-15(4,5)6)10-8-7-9-11-16;1-13(2,3)11-15(12-14(4,5)6)7-9-16-10-8-15;1-9-15(10-2,11-13(3,4)5)12-14(6,7)8;1-8-11(9-12(2,3)4)10-13(5,6)7/h7-13H2,1-6H3;7-12H2,1-6H3;9-12H2,1-8H3;11H,8-10H2,1-7H3. The Balaban J connectivity index is 0. The predicted molar refractivity (Wildman–Crippen MR) is 277 cm³/mol. The Hall–Kier alpha value is -0.0400. The Bertz CT molecular complexity index is 958. The molecule has 1 heterocycles. The van der Waals surface area contributed by atoms with Crippen LogP contribution in [-0.4, -0.2) is 13.2 Å². The molecule has 60 heavy (non-hydrogen) atoms. The maximum absolute atomic E-state index is 5.55. The van der Waals surface area contributed by atoms with Crippen LogP contribution in [0.3, 0.4) is 0 Å². The molecule has 0 spiro atoms. The molecule has 0 amide bonds. The minimum atomic E-state index is 0.433. The minimum absolute atomic E-state index is 0.433. The maximum atomic E-state index is 5.55. The van der Waals surface area contributed by atoms with Crippen LogP contribution in [0.4, 0.5) is 0 Å². The lowest BCUT2D eigenvalue weighted by Crippen LogP contribution is -2.36. The third-order valence-electron chi connectivity index (χ3n) is 12.8. The molecule has 2 fully saturated rings. The van der Waals surface area contributed by atoms with Gasteiger partial charge in [-0.1, -0.05) is 225 Å². The van der Waals surface area contributed by atoms with E-state index >= 15 is 0 Å². The van der Waals surface area contributed by atoms with Crippen LogP contribution >= 0.6 is 0 Å². The number of hydrogen-bond acceptors (Lipinski definition) is 1. The van der Waals surface area contributed by atoms with Gasteiger partial charge in [0.15, 0.2) is 0 Å². The molecule has 0 N–H and O–H groups in total. The summed E-state index contributed by atoms with van der Waals surface area (Å²) in [6.07, 6.45) is 24.7. The van der Waals surface area contributed by atoms with Crippen molar-refractivity contribution < 1.29 is 4.74 Å². The first kappa shape index (κ1) is 62.0. The molecule has 0 bridgehead atoms. The smallest absolute Gasteiger partial charge is 0.0471 e. The first-order chi connectivity index (χ1) is 26.4. The molecule has 0 aromatic heterocycles. The minimum Gasteiger partial charge on any atom is -0.381 e. The zero-order chi connectivity index (χ0) is 47.9. The summed E-state index contributed by atoms with van der Waals surface area (Å²) in [5, 5.41) is 0. The highest BCUT2D eigenvalue weighted by molar-refractivity contribution is 4.91. The van der Waals surface area contributed by atoms with E-state index in [-0.39, 0.29) is 0 Å². The Morgan fingerprint density at radius 1 is 0.367 bits per heavy atom. The van der Waals surface area contributed by atoms with Gasteiger partial charge in [-0.25, -0.2) is 0 Å². The van der Waals surface area contributed by atoms with Crippen LogP contribution in [0.2, 0.25) is 0 Å². The van der Waals surface area contributed by atoms with E-state index in [2.05, 4.69) is 187 Å². The maximum Gasteiger partial charge on any atom is 0.0471 e. The molecule has 1 aliphatic carbocycles. The Kier molecular flexibility index (Phi) is 25.3. The molecule has 0 radical (unpaired) electrons. The first-order valence-electron chi connectivity index (χ1n) is 26.0. The highest BCUT2D eigenvalue weighted by atomic mass is 16.5. The van der Waals surface area contributed by atoms with Gasteiger partial charge < -0.3 is 4.74 Å². The van der Waals surface area contributed by atoms with Gasteiger partial charge in [-0.15, -0.1) is 0 Å². The van der Waals surface area contributed by atoms with Crippen molar-refractivity contribution in [2.45, 2.75) is 303 Å². The van der Waals surface area contributed by atoms with Crippen molar-refractivity contribution in [3.8, 4) is 0 Å². The molecule has 1 saturated carbocycles. The SMILES string of the molecule is CC(C)(C)CC1(CC(C)(C)C)CCCCC1.CC(C)(C)CC1(CC(C)(C)C)CCOCC1.CCC(CC(C)(C)C)CC(C)(C)C.CCC(CC)(CC(C)(C)C)CC(C)(C)C. The first-order valence-corrected chi connectivity index (χ1v) is 26.0. The molecule has 2 aliphatic rings. The van der Waals surface area contributed by atoms with Crippen LogP contribution in [0.5, 0.6) is 0 Å². The second-order valence-electron chi connectivity index (χ2n) is 31.1. The molecule has 2 rings (SSSR count). The fourth-order valence-corrected chi connectivity index (χ4v) is 12.6. The van der Waals surface area contributed by atoms with E-state index in [4.69, 9.17) is 4.74 Å². The molecule has 1 nitrogen and oxygen atoms in total. The van der Waals surface area contributed by atoms with Crippen LogP contribution in [0.25, 0.3) is 0 Å². The molecular weight excluding hydrogens is 725 g/mol. The quantitative estimate of drug-likeness (QED) is 0.201. The van der Waals surface area contributed by atoms with Gasteiger partial charge in [-0.2, -0.15) is 0 Å². The second kappa shape index (κ2) is 24.5. The summed E-state index contributed by atoms with van der Waals surface area (Å²) in [4.78, 5) is 0. The zero-order valence-corrected chi connectivity index (χ0v) is 47.6. The topological polar surface area (TPSA) is 9.23 Å². The van der Waals surface area contributed by atoms with Crippen molar-refractivity contribution in [2.24, 2.45) is 65.5 Å². The summed E-state index contributed by atoms with van der Waals surface area (Å²) in [6, 6.07) is 0. The largest absolute Gasteiger partial charge is 0.381 e. The van der Waals surface area contributed by atoms with E-state index < -0.39 is 0 Å². The average Bonchev–Trinajstić information content (AvgIpc) is 2.95. The molecule has 0 atom stereocenters. The molecular formula is C59H122O. The van der Waals surface area contributed by atoms with Gasteiger partial charge in [-0.05, 0) is 143 Å². The van der Waals surface area contributed by atoms with Gasteiger partial charge in [0, 0.05) is 13.2 Å². The van der Waals surface area contributed by atoms with Crippen molar-refractivity contribution in [1.29, 1.82) is 0 Å². The van der Waals surface area contributed by atoms with Crippen LogP contribution in [0.15, 0.2) is 0 Å². The van der Waals surface area contributed by atoms with Crippen LogP contribution in [-0.2, 0) is 4.74 Å². The van der Waals surface area contributed by atoms with E-state index in [1.54, 1.807) is 0 Å². The van der Waals surface area contributed by atoms with Crippen molar-refractivity contribution in [3.63, 3.8) is 0 Å². The summed E-state index contributed by atoms with van der Waals surface area (Å²) in [7, 11) is 0. The number of rotatable bonds is 11.